The first-order valence-corrected chi connectivity index (χ1v) is 16.3. The molecule has 224 valence electrons. The Bertz CT molecular complexity index is 2760. The van der Waals surface area contributed by atoms with Crippen LogP contribution in [-0.4, -0.2) is 19.1 Å². The lowest BCUT2D eigenvalue weighted by molar-refractivity contribution is 0.998. The van der Waals surface area contributed by atoms with E-state index in [2.05, 4.69) is 167 Å². The van der Waals surface area contributed by atoms with Crippen LogP contribution in [-0.2, 0) is 0 Å². The standard InChI is InChI=1S/C44H28N4/c1-4-15-30(16-5-1)37-28-38(31-17-6-2-7-18-31)46-44(45-37)48-39-25-24-29-14-10-11-21-33(29)40(39)41-36-26-27-47(32-19-8-3-9-20-32)42(36)34-22-12-13-23-35(34)43(41)48/h1-28H. The molecule has 3 aromatic heterocycles. The number of rotatable bonds is 4. The summed E-state index contributed by atoms with van der Waals surface area (Å²) in [5.74, 6) is 0.650. The molecule has 48 heavy (non-hydrogen) atoms. The molecule has 0 N–H and O–H groups in total. The Labute approximate surface area is 276 Å². The fraction of sp³-hybridized carbons (Fsp3) is 0. The summed E-state index contributed by atoms with van der Waals surface area (Å²) in [4.78, 5) is 10.7. The lowest BCUT2D eigenvalue weighted by Gasteiger charge is -2.14. The molecule has 0 saturated heterocycles. The van der Waals surface area contributed by atoms with Gasteiger partial charge in [0.2, 0.25) is 5.95 Å². The largest absolute Gasteiger partial charge is 0.316 e. The maximum atomic E-state index is 5.34. The average molecular weight is 613 g/mol. The van der Waals surface area contributed by atoms with Gasteiger partial charge >= 0.3 is 0 Å². The van der Waals surface area contributed by atoms with Crippen LogP contribution in [0.1, 0.15) is 0 Å². The number of hydrogen-bond donors (Lipinski definition) is 0. The Hall–Kier alpha value is -6.52. The van der Waals surface area contributed by atoms with Crippen molar-refractivity contribution in [3.63, 3.8) is 0 Å². The summed E-state index contributed by atoms with van der Waals surface area (Å²) in [6, 6.07) is 57.7. The van der Waals surface area contributed by atoms with Crippen LogP contribution in [0.15, 0.2) is 170 Å². The van der Waals surface area contributed by atoms with Gasteiger partial charge in [-0.3, -0.25) is 4.57 Å². The second-order valence-electron chi connectivity index (χ2n) is 12.2. The highest BCUT2D eigenvalue weighted by Gasteiger charge is 2.24. The molecule has 0 aliphatic heterocycles. The molecule has 7 aromatic carbocycles. The minimum Gasteiger partial charge on any atom is -0.316 e. The second kappa shape index (κ2) is 10.5. The van der Waals surface area contributed by atoms with E-state index in [1.54, 1.807) is 0 Å². The van der Waals surface area contributed by atoms with Gasteiger partial charge in [0.1, 0.15) is 0 Å². The minimum absolute atomic E-state index is 0.650. The Morgan fingerprint density at radius 3 is 1.65 bits per heavy atom. The van der Waals surface area contributed by atoms with Gasteiger partial charge in [0.25, 0.3) is 0 Å². The van der Waals surface area contributed by atoms with Crippen LogP contribution in [0.4, 0.5) is 0 Å². The topological polar surface area (TPSA) is 35.6 Å². The van der Waals surface area contributed by atoms with Crippen molar-refractivity contribution in [1.29, 1.82) is 0 Å². The third kappa shape index (κ3) is 3.96. The highest BCUT2D eigenvalue weighted by atomic mass is 15.2. The zero-order valence-corrected chi connectivity index (χ0v) is 26.0. The molecule has 3 heterocycles. The van der Waals surface area contributed by atoms with Crippen LogP contribution < -0.4 is 0 Å². The molecule has 0 bridgehead atoms. The first kappa shape index (κ1) is 26.7. The third-order valence-electron chi connectivity index (χ3n) is 9.54. The second-order valence-corrected chi connectivity index (χ2v) is 12.2. The monoisotopic (exact) mass is 612 g/mol. The predicted molar refractivity (Wildman–Crippen MR) is 199 cm³/mol. The first-order valence-electron chi connectivity index (χ1n) is 16.3. The zero-order valence-electron chi connectivity index (χ0n) is 26.0. The molecule has 0 fully saturated rings. The molecule has 0 spiro atoms. The van der Waals surface area contributed by atoms with Crippen molar-refractivity contribution in [3.05, 3.63) is 170 Å². The van der Waals surface area contributed by atoms with E-state index >= 15 is 0 Å². The van der Waals surface area contributed by atoms with Gasteiger partial charge in [0, 0.05) is 49.9 Å². The molecule has 0 radical (unpaired) electrons. The van der Waals surface area contributed by atoms with Crippen molar-refractivity contribution in [1.82, 2.24) is 19.1 Å². The maximum absolute atomic E-state index is 5.34. The first-order chi connectivity index (χ1) is 23.8. The predicted octanol–water partition coefficient (Wildman–Crippen LogP) is 11.2. The van der Waals surface area contributed by atoms with Gasteiger partial charge in [-0.15, -0.1) is 0 Å². The highest BCUT2D eigenvalue weighted by molar-refractivity contribution is 6.35. The van der Waals surface area contributed by atoms with Crippen LogP contribution >= 0.6 is 0 Å². The van der Waals surface area contributed by atoms with Gasteiger partial charge in [-0.25, -0.2) is 9.97 Å². The molecule has 0 aliphatic carbocycles. The number of para-hydroxylation sites is 1. The molecule has 10 rings (SSSR count). The Morgan fingerprint density at radius 1 is 0.417 bits per heavy atom. The quantitative estimate of drug-likeness (QED) is 0.198. The number of hydrogen-bond acceptors (Lipinski definition) is 2. The van der Waals surface area contributed by atoms with E-state index in [0.717, 1.165) is 44.6 Å². The molecule has 0 atom stereocenters. The van der Waals surface area contributed by atoms with Gasteiger partial charge in [0.15, 0.2) is 0 Å². The fourth-order valence-electron chi connectivity index (χ4n) is 7.44. The highest BCUT2D eigenvalue weighted by Crippen LogP contribution is 2.45. The lowest BCUT2D eigenvalue weighted by atomic mass is 9.98. The van der Waals surface area contributed by atoms with Crippen LogP contribution in [0.3, 0.4) is 0 Å². The molecule has 4 heteroatoms. The van der Waals surface area contributed by atoms with Crippen LogP contribution in [0, 0.1) is 0 Å². The van der Waals surface area contributed by atoms with E-state index in [0.29, 0.717) is 5.95 Å². The average Bonchev–Trinajstić information content (AvgIpc) is 3.77. The van der Waals surface area contributed by atoms with Crippen molar-refractivity contribution < 1.29 is 0 Å². The molecule has 0 unspecified atom stereocenters. The molecule has 0 saturated carbocycles. The van der Waals surface area contributed by atoms with E-state index in [1.165, 1.54) is 37.8 Å². The Morgan fingerprint density at radius 2 is 0.979 bits per heavy atom. The number of benzene rings is 7. The van der Waals surface area contributed by atoms with E-state index in [4.69, 9.17) is 9.97 Å². The van der Waals surface area contributed by atoms with E-state index in [1.807, 2.05) is 12.1 Å². The number of fused-ring (bicyclic) bond motifs is 10. The molecule has 0 aliphatic rings. The van der Waals surface area contributed by atoms with Gasteiger partial charge in [-0.1, -0.05) is 133 Å². The van der Waals surface area contributed by atoms with Crippen LogP contribution in [0.2, 0.25) is 0 Å². The minimum atomic E-state index is 0.650. The third-order valence-corrected chi connectivity index (χ3v) is 9.54. The van der Waals surface area contributed by atoms with Gasteiger partial charge in [0.05, 0.1) is 27.9 Å². The van der Waals surface area contributed by atoms with Crippen molar-refractivity contribution in [3.8, 4) is 34.2 Å². The summed E-state index contributed by atoms with van der Waals surface area (Å²) in [6.45, 7) is 0. The van der Waals surface area contributed by atoms with Crippen molar-refractivity contribution in [2.75, 3.05) is 0 Å². The summed E-state index contributed by atoms with van der Waals surface area (Å²) in [5, 5.41) is 8.38. The van der Waals surface area contributed by atoms with Crippen molar-refractivity contribution in [2.45, 2.75) is 0 Å². The SMILES string of the molecule is c1ccc(-c2cc(-c3ccccc3)nc(-n3c4ccc5ccccc5c4c4c5ccn(-c6ccccc6)c5c5ccccc5c43)n2)cc1. The summed E-state index contributed by atoms with van der Waals surface area (Å²) in [6.07, 6.45) is 2.21. The smallest absolute Gasteiger partial charge is 0.235 e. The van der Waals surface area contributed by atoms with E-state index < -0.39 is 0 Å². The van der Waals surface area contributed by atoms with Gasteiger partial charge < -0.3 is 4.57 Å². The fourth-order valence-corrected chi connectivity index (χ4v) is 7.44. The summed E-state index contributed by atoms with van der Waals surface area (Å²) in [7, 11) is 0. The van der Waals surface area contributed by atoms with Crippen LogP contribution in [0.25, 0.3) is 88.4 Å². The van der Waals surface area contributed by atoms with E-state index in [-0.39, 0.29) is 0 Å². The number of nitrogens with zero attached hydrogens (tertiary/aromatic N) is 4. The van der Waals surface area contributed by atoms with Crippen LogP contribution in [0.5, 0.6) is 0 Å². The molecular formula is C44H28N4. The van der Waals surface area contributed by atoms with Crippen molar-refractivity contribution in [2.24, 2.45) is 0 Å². The summed E-state index contributed by atoms with van der Waals surface area (Å²) < 4.78 is 4.63. The zero-order chi connectivity index (χ0) is 31.6. The molecule has 0 amide bonds. The Balaban J connectivity index is 1.42. The summed E-state index contributed by atoms with van der Waals surface area (Å²) in [5.41, 5.74) is 8.40. The normalized spacial score (nSPS) is 11.8. The lowest BCUT2D eigenvalue weighted by Crippen LogP contribution is -2.04. The van der Waals surface area contributed by atoms with Crippen molar-refractivity contribution >= 4 is 54.3 Å². The molecular weight excluding hydrogens is 585 g/mol. The van der Waals surface area contributed by atoms with Gasteiger partial charge in [-0.05, 0) is 41.1 Å². The van der Waals surface area contributed by atoms with E-state index in [9.17, 15) is 0 Å². The molecule has 10 aromatic rings. The number of aromatic nitrogens is 4. The van der Waals surface area contributed by atoms with Gasteiger partial charge in [-0.2, -0.15) is 0 Å². The maximum Gasteiger partial charge on any atom is 0.235 e. The molecule has 4 nitrogen and oxygen atoms in total. The summed E-state index contributed by atoms with van der Waals surface area (Å²) >= 11 is 0. The Kier molecular flexibility index (Phi) is 5.84.